The van der Waals surface area contributed by atoms with Crippen molar-refractivity contribution in [2.45, 2.75) is 13.1 Å². The van der Waals surface area contributed by atoms with Crippen molar-refractivity contribution in [2.75, 3.05) is 32.1 Å². The zero-order valence-corrected chi connectivity index (χ0v) is 12.5. The quantitative estimate of drug-likeness (QED) is 0.861. The summed E-state index contributed by atoms with van der Waals surface area (Å²) in [5.41, 5.74) is 2.38. The van der Waals surface area contributed by atoms with Gasteiger partial charge >= 0.3 is 0 Å². The van der Waals surface area contributed by atoms with Gasteiger partial charge < -0.3 is 9.64 Å². The number of hydrogen-bond acceptors (Lipinski definition) is 5. The van der Waals surface area contributed by atoms with Gasteiger partial charge in [-0.05, 0) is 12.1 Å². The van der Waals surface area contributed by atoms with Crippen LogP contribution in [0, 0.1) is 0 Å². The molecule has 2 aromatic heterocycles. The van der Waals surface area contributed by atoms with Crippen molar-refractivity contribution in [1.82, 2.24) is 14.9 Å². The molecule has 21 heavy (non-hydrogen) atoms. The van der Waals surface area contributed by atoms with Crippen molar-refractivity contribution < 1.29 is 4.74 Å². The summed E-state index contributed by atoms with van der Waals surface area (Å²) in [6.45, 7) is 3.68. The van der Waals surface area contributed by atoms with Crippen LogP contribution >= 0.6 is 0 Å². The predicted octanol–water partition coefficient (Wildman–Crippen LogP) is 1.94. The van der Waals surface area contributed by atoms with Gasteiger partial charge in [0.05, 0.1) is 7.11 Å². The lowest BCUT2D eigenvalue weighted by Gasteiger charge is -2.21. The van der Waals surface area contributed by atoms with Gasteiger partial charge in [-0.2, -0.15) is 0 Å². The molecule has 1 aliphatic rings. The van der Waals surface area contributed by atoms with Gasteiger partial charge in [-0.3, -0.25) is 4.90 Å². The van der Waals surface area contributed by atoms with Gasteiger partial charge in [0, 0.05) is 56.7 Å². The fourth-order valence-corrected chi connectivity index (χ4v) is 2.72. The minimum Gasteiger partial charge on any atom is -0.481 e. The maximum absolute atomic E-state index is 5.35. The summed E-state index contributed by atoms with van der Waals surface area (Å²) in [4.78, 5) is 13.4. The molecule has 3 heterocycles. The average Bonchev–Trinajstić information content (AvgIpc) is 2.68. The largest absolute Gasteiger partial charge is 0.481 e. The van der Waals surface area contributed by atoms with Gasteiger partial charge in [-0.1, -0.05) is 12.1 Å². The fourth-order valence-electron chi connectivity index (χ4n) is 2.72. The summed E-state index contributed by atoms with van der Waals surface area (Å²) in [6, 6.07) is 8.18. The fraction of sp³-hybridized carbons (Fsp3) is 0.375. The minimum atomic E-state index is 0.710. The van der Waals surface area contributed by atoms with E-state index in [1.807, 2.05) is 18.3 Å². The van der Waals surface area contributed by atoms with Crippen LogP contribution in [0.5, 0.6) is 5.88 Å². The van der Waals surface area contributed by atoms with E-state index in [4.69, 9.17) is 4.74 Å². The molecule has 0 fully saturated rings. The molecule has 0 N–H and O–H groups in total. The predicted molar refractivity (Wildman–Crippen MR) is 82.4 cm³/mol. The minimum absolute atomic E-state index is 0.710. The molecule has 0 aromatic carbocycles. The van der Waals surface area contributed by atoms with Crippen molar-refractivity contribution in [2.24, 2.45) is 0 Å². The monoisotopic (exact) mass is 284 g/mol. The SMILES string of the molecule is COc1ncccc1CN1CCN(C)c2ncccc2C1. The molecule has 0 aliphatic carbocycles. The first-order chi connectivity index (χ1) is 10.3. The molecule has 0 atom stereocenters. The second-order valence-electron chi connectivity index (χ2n) is 5.29. The molecule has 0 unspecified atom stereocenters. The van der Waals surface area contributed by atoms with Crippen LogP contribution in [0.15, 0.2) is 36.7 Å². The molecule has 0 saturated carbocycles. The topological polar surface area (TPSA) is 41.5 Å². The molecule has 0 radical (unpaired) electrons. The van der Waals surface area contributed by atoms with Gasteiger partial charge in [0.15, 0.2) is 0 Å². The number of hydrogen-bond donors (Lipinski definition) is 0. The Hall–Kier alpha value is -2.14. The molecular formula is C16H20N4O. The van der Waals surface area contributed by atoms with Crippen LogP contribution in [0.3, 0.4) is 0 Å². The number of methoxy groups -OCH3 is 1. The Bertz CT molecular complexity index is 617. The van der Waals surface area contributed by atoms with Crippen LogP contribution < -0.4 is 9.64 Å². The number of rotatable bonds is 3. The highest BCUT2D eigenvalue weighted by molar-refractivity contribution is 5.46. The second kappa shape index (κ2) is 6.10. The number of aromatic nitrogens is 2. The maximum Gasteiger partial charge on any atom is 0.217 e. The lowest BCUT2D eigenvalue weighted by Crippen LogP contribution is -2.29. The third-order valence-corrected chi connectivity index (χ3v) is 3.81. The number of fused-ring (bicyclic) bond motifs is 1. The van der Waals surface area contributed by atoms with E-state index in [9.17, 15) is 0 Å². The maximum atomic E-state index is 5.35. The number of pyridine rings is 2. The normalized spacial score (nSPS) is 15.4. The summed E-state index contributed by atoms with van der Waals surface area (Å²) in [5, 5.41) is 0. The standard InChI is InChI=1S/C16H20N4O/c1-19-9-10-20(11-13-5-3-7-17-15(13)19)12-14-6-4-8-18-16(14)21-2/h3-8H,9-12H2,1-2H3. The lowest BCUT2D eigenvalue weighted by molar-refractivity contribution is 0.263. The molecule has 5 nitrogen and oxygen atoms in total. The van der Waals surface area contributed by atoms with Crippen LogP contribution in [-0.2, 0) is 13.1 Å². The highest BCUT2D eigenvalue weighted by atomic mass is 16.5. The van der Waals surface area contributed by atoms with Crippen molar-refractivity contribution in [3.63, 3.8) is 0 Å². The summed E-state index contributed by atoms with van der Waals surface area (Å²) in [7, 11) is 3.77. The summed E-state index contributed by atoms with van der Waals surface area (Å²) < 4.78 is 5.35. The Morgan fingerprint density at radius 3 is 2.81 bits per heavy atom. The van der Waals surface area contributed by atoms with Crippen molar-refractivity contribution in [3.8, 4) is 5.88 Å². The summed E-state index contributed by atoms with van der Waals surface area (Å²) in [5.74, 6) is 1.79. The second-order valence-corrected chi connectivity index (χ2v) is 5.29. The summed E-state index contributed by atoms with van der Waals surface area (Å²) in [6.07, 6.45) is 3.62. The zero-order chi connectivity index (χ0) is 14.7. The first kappa shape index (κ1) is 13.8. The van der Waals surface area contributed by atoms with Gasteiger partial charge in [0.2, 0.25) is 5.88 Å². The molecule has 0 bridgehead atoms. The van der Waals surface area contributed by atoms with E-state index in [0.29, 0.717) is 5.88 Å². The Balaban J connectivity index is 1.81. The van der Waals surface area contributed by atoms with E-state index < -0.39 is 0 Å². The van der Waals surface area contributed by atoms with E-state index in [2.05, 4.69) is 38.9 Å². The van der Waals surface area contributed by atoms with Crippen molar-refractivity contribution >= 4 is 5.82 Å². The van der Waals surface area contributed by atoms with Gasteiger partial charge in [-0.15, -0.1) is 0 Å². The number of anilines is 1. The molecule has 0 amide bonds. The first-order valence-electron chi connectivity index (χ1n) is 7.13. The first-order valence-corrected chi connectivity index (χ1v) is 7.13. The van der Waals surface area contributed by atoms with E-state index in [1.165, 1.54) is 5.56 Å². The van der Waals surface area contributed by atoms with Gasteiger partial charge in [-0.25, -0.2) is 9.97 Å². The van der Waals surface area contributed by atoms with Crippen LogP contribution in [0.2, 0.25) is 0 Å². The van der Waals surface area contributed by atoms with E-state index in [0.717, 1.165) is 37.6 Å². The number of ether oxygens (including phenoxy) is 1. The molecule has 2 aromatic rings. The average molecular weight is 284 g/mol. The van der Waals surface area contributed by atoms with Crippen molar-refractivity contribution in [3.05, 3.63) is 47.8 Å². The van der Waals surface area contributed by atoms with E-state index >= 15 is 0 Å². The highest BCUT2D eigenvalue weighted by Gasteiger charge is 2.19. The van der Waals surface area contributed by atoms with Crippen LogP contribution in [-0.4, -0.2) is 42.1 Å². The molecule has 0 spiro atoms. The molecular weight excluding hydrogens is 264 g/mol. The third-order valence-electron chi connectivity index (χ3n) is 3.81. The van der Waals surface area contributed by atoms with Gasteiger partial charge in [0.25, 0.3) is 0 Å². The Kier molecular flexibility index (Phi) is 4.01. The lowest BCUT2D eigenvalue weighted by atomic mass is 10.2. The van der Waals surface area contributed by atoms with Gasteiger partial charge in [0.1, 0.15) is 5.82 Å². The number of nitrogens with zero attached hydrogens (tertiary/aromatic N) is 4. The van der Waals surface area contributed by atoms with E-state index in [1.54, 1.807) is 13.3 Å². The molecule has 0 saturated heterocycles. The molecule has 5 heteroatoms. The molecule has 3 rings (SSSR count). The number of likely N-dealkylation sites (N-methyl/N-ethyl adjacent to an activating group) is 1. The van der Waals surface area contributed by atoms with Crippen LogP contribution in [0.4, 0.5) is 5.82 Å². The Morgan fingerprint density at radius 2 is 1.95 bits per heavy atom. The Morgan fingerprint density at radius 1 is 1.14 bits per heavy atom. The highest BCUT2D eigenvalue weighted by Crippen LogP contribution is 2.23. The zero-order valence-electron chi connectivity index (χ0n) is 12.5. The Labute approximate surface area is 125 Å². The smallest absolute Gasteiger partial charge is 0.217 e. The van der Waals surface area contributed by atoms with Crippen molar-refractivity contribution in [1.29, 1.82) is 0 Å². The molecule has 1 aliphatic heterocycles. The van der Waals surface area contributed by atoms with Crippen LogP contribution in [0.25, 0.3) is 0 Å². The van der Waals surface area contributed by atoms with Crippen LogP contribution in [0.1, 0.15) is 11.1 Å². The van der Waals surface area contributed by atoms with E-state index in [-0.39, 0.29) is 0 Å². The molecule has 110 valence electrons. The third kappa shape index (κ3) is 2.97. The summed E-state index contributed by atoms with van der Waals surface area (Å²) >= 11 is 0.